The molecule has 1 aliphatic rings. The van der Waals surface area contributed by atoms with Gasteiger partial charge in [-0.2, -0.15) is 5.10 Å². The average Bonchev–Trinajstić information content (AvgIpc) is 2.93. The second-order valence-electron chi connectivity index (χ2n) is 8.13. The van der Waals surface area contributed by atoms with Crippen molar-refractivity contribution in [3.63, 3.8) is 0 Å². The Morgan fingerprint density at radius 1 is 1.11 bits per heavy atom. The van der Waals surface area contributed by atoms with Gasteiger partial charge in [0.2, 0.25) is 0 Å². The summed E-state index contributed by atoms with van der Waals surface area (Å²) in [4.78, 5) is 11.8. The number of rotatable bonds is 4. The number of anilines is 1. The van der Waals surface area contributed by atoms with Crippen molar-refractivity contribution in [2.45, 2.75) is 46.2 Å². The van der Waals surface area contributed by atoms with Gasteiger partial charge in [-0.3, -0.25) is 9.58 Å². The Morgan fingerprint density at radius 2 is 1.85 bits per heavy atom. The van der Waals surface area contributed by atoms with Crippen molar-refractivity contribution >= 4 is 16.9 Å². The molecular weight excluding hydrogens is 336 g/mol. The molecule has 0 amide bonds. The third kappa shape index (κ3) is 3.30. The van der Waals surface area contributed by atoms with Crippen LogP contribution in [0.15, 0.2) is 24.3 Å². The van der Waals surface area contributed by atoms with E-state index < -0.39 is 0 Å². The highest BCUT2D eigenvalue weighted by Crippen LogP contribution is 2.27. The summed E-state index contributed by atoms with van der Waals surface area (Å²) in [7, 11) is 1.93. The summed E-state index contributed by atoms with van der Waals surface area (Å²) in [6.07, 6.45) is 1.11. The smallest absolute Gasteiger partial charge is 0.163 e. The summed E-state index contributed by atoms with van der Waals surface area (Å²) in [6.45, 7) is 11.4. The van der Waals surface area contributed by atoms with Gasteiger partial charge in [-0.25, -0.2) is 9.97 Å². The van der Waals surface area contributed by atoms with Crippen molar-refractivity contribution in [3.8, 4) is 0 Å². The van der Waals surface area contributed by atoms with E-state index in [2.05, 4.69) is 63.4 Å². The lowest BCUT2D eigenvalue weighted by Crippen LogP contribution is -2.50. The van der Waals surface area contributed by atoms with Crippen LogP contribution in [0.4, 0.5) is 5.82 Å². The summed E-state index contributed by atoms with van der Waals surface area (Å²) < 4.78 is 1.83. The van der Waals surface area contributed by atoms with Gasteiger partial charge in [-0.15, -0.1) is 0 Å². The van der Waals surface area contributed by atoms with Gasteiger partial charge in [0.25, 0.3) is 0 Å². The first-order valence-corrected chi connectivity index (χ1v) is 9.59. The van der Waals surface area contributed by atoms with E-state index in [1.54, 1.807) is 0 Å². The second kappa shape index (κ2) is 6.60. The largest absolute Gasteiger partial charge is 0.367 e. The van der Waals surface area contributed by atoms with Crippen LogP contribution in [0, 0.1) is 13.8 Å². The fourth-order valence-corrected chi connectivity index (χ4v) is 4.00. The number of hydrogen-bond donors (Lipinski definition) is 1. The SMILES string of the molecule is Cc1nc(NCC(C)(C)N2CCc3ccccc3C2)c2c(C)nn(C)c2n1. The maximum atomic E-state index is 4.67. The van der Waals surface area contributed by atoms with Crippen LogP contribution in [0.3, 0.4) is 0 Å². The number of aromatic nitrogens is 4. The Hall–Kier alpha value is -2.47. The van der Waals surface area contributed by atoms with Gasteiger partial charge < -0.3 is 5.32 Å². The predicted molar refractivity (Wildman–Crippen MR) is 109 cm³/mol. The molecule has 0 spiro atoms. The average molecular weight is 364 g/mol. The lowest BCUT2D eigenvalue weighted by molar-refractivity contribution is 0.115. The monoisotopic (exact) mass is 364 g/mol. The Morgan fingerprint density at radius 3 is 2.63 bits per heavy atom. The third-order valence-corrected chi connectivity index (χ3v) is 5.65. The lowest BCUT2D eigenvalue weighted by atomic mass is 9.94. The Balaban J connectivity index is 1.56. The first-order valence-electron chi connectivity index (χ1n) is 9.59. The maximum Gasteiger partial charge on any atom is 0.163 e. The van der Waals surface area contributed by atoms with E-state index in [-0.39, 0.29) is 5.54 Å². The van der Waals surface area contributed by atoms with Gasteiger partial charge in [0, 0.05) is 32.2 Å². The molecule has 3 heterocycles. The minimum Gasteiger partial charge on any atom is -0.367 e. The predicted octanol–water partition coefficient (Wildman–Crippen LogP) is 3.23. The fraction of sp³-hybridized carbons (Fsp3) is 0.476. The lowest BCUT2D eigenvalue weighted by Gasteiger charge is -2.41. The number of hydrogen-bond acceptors (Lipinski definition) is 5. The van der Waals surface area contributed by atoms with Crippen LogP contribution in [0.2, 0.25) is 0 Å². The highest BCUT2D eigenvalue weighted by Gasteiger charge is 2.30. The number of nitrogens with zero attached hydrogens (tertiary/aromatic N) is 5. The summed E-state index contributed by atoms with van der Waals surface area (Å²) in [5.41, 5.74) is 4.78. The minimum absolute atomic E-state index is 0.00875. The molecule has 142 valence electrons. The van der Waals surface area contributed by atoms with E-state index in [0.29, 0.717) is 0 Å². The quantitative estimate of drug-likeness (QED) is 0.770. The molecule has 6 heteroatoms. The summed E-state index contributed by atoms with van der Waals surface area (Å²) in [5.74, 6) is 1.64. The molecule has 1 aliphatic heterocycles. The molecule has 0 saturated carbocycles. The third-order valence-electron chi connectivity index (χ3n) is 5.65. The molecule has 0 fully saturated rings. The zero-order valence-corrected chi connectivity index (χ0v) is 16.9. The highest BCUT2D eigenvalue weighted by molar-refractivity contribution is 5.89. The second-order valence-corrected chi connectivity index (χ2v) is 8.13. The molecule has 2 aromatic heterocycles. The topological polar surface area (TPSA) is 58.9 Å². The van der Waals surface area contributed by atoms with Crippen LogP contribution < -0.4 is 5.32 Å². The normalized spacial score (nSPS) is 15.1. The molecule has 3 aromatic rings. The molecule has 0 radical (unpaired) electrons. The van der Waals surface area contributed by atoms with Gasteiger partial charge in [0.15, 0.2) is 5.65 Å². The van der Waals surface area contributed by atoms with Crippen molar-refractivity contribution in [1.82, 2.24) is 24.6 Å². The standard InChI is InChI=1S/C21H28N6/c1-14-18-19(23-15(2)24-20(18)26(5)25-14)22-13-21(3,4)27-11-10-16-8-6-7-9-17(16)12-27/h6-9H,10-13H2,1-5H3,(H,22,23,24). The molecule has 1 N–H and O–H groups in total. The molecule has 0 aliphatic carbocycles. The first-order chi connectivity index (χ1) is 12.8. The Labute approximate surface area is 160 Å². The van der Waals surface area contributed by atoms with Crippen molar-refractivity contribution in [1.29, 1.82) is 0 Å². The van der Waals surface area contributed by atoms with E-state index in [4.69, 9.17) is 0 Å². The van der Waals surface area contributed by atoms with Crippen LogP contribution >= 0.6 is 0 Å². The van der Waals surface area contributed by atoms with Gasteiger partial charge >= 0.3 is 0 Å². The highest BCUT2D eigenvalue weighted by atomic mass is 15.3. The zero-order valence-electron chi connectivity index (χ0n) is 16.9. The molecular formula is C21H28N6. The first kappa shape index (κ1) is 17.9. The van der Waals surface area contributed by atoms with Gasteiger partial charge in [-0.1, -0.05) is 24.3 Å². The van der Waals surface area contributed by atoms with Crippen molar-refractivity contribution in [3.05, 3.63) is 46.9 Å². The van der Waals surface area contributed by atoms with Crippen LogP contribution in [-0.2, 0) is 20.0 Å². The van der Waals surface area contributed by atoms with E-state index >= 15 is 0 Å². The molecule has 27 heavy (non-hydrogen) atoms. The summed E-state index contributed by atoms with van der Waals surface area (Å²) in [6, 6.07) is 8.78. The fourth-order valence-electron chi connectivity index (χ4n) is 4.00. The van der Waals surface area contributed by atoms with Gasteiger partial charge in [-0.05, 0) is 45.2 Å². The van der Waals surface area contributed by atoms with E-state index in [9.17, 15) is 0 Å². The van der Waals surface area contributed by atoms with Crippen LogP contribution in [0.5, 0.6) is 0 Å². The van der Waals surface area contributed by atoms with E-state index in [1.165, 1.54) is 11.1 Å². The summed E-state index contributed by atoms with van der Waals surface area (Å²) >= 11 is 0. The molecule has 0 saturated heterocycles. The number of fused-ring (bicyclic) bond motifs is 2. The molecule has 0 unspecified atom stereocenters. The Kier molecular flexibility index (Phi) is 4.38. The van der Waals surface area contributed by atoms with Crippen LogP contribution in [0.1, 0.15) is 36.5 Å². The van der Waals surface area contributed by atoms with Crippen molar-refractivity contribution in [2.75, 3.05) is 18.4 Å². The molecule has 4 rings (SSSR count). The number of benzene rings is 1. The molecule has 6 nitrogen and oxygen atoms in total. The van der Waals surface area contributed by atoms with Crippen molar-refractivity contribution in [2.24, 2.45) is 7.05 Å². The summed E-state index contributed by atoms with van der Waals surface area (Å²) in [5, 5.41) is 9.13. The minimum atomic E-state index is 0.00875. The number of aryl methyl sites for hydroxylation is 3. The van der Waals surface area contributed by atoms with E-state index in [0.717, 1.165) is 54.4 Å². The zero-order chi connectivity index (χ0) is 19.2. The van der Waals surface area contributed by atoms with Crippen molar-refractivity contribution < 1.29 is 0 Å². The van der Waals surface area contributed by atoms with Crippen LogP contribution in [-0.4, -0.2) is 43.3 Å². The molecule has 0 bridgehead atoms. The van der Waals surface area contributed by atoms with Gasteiger partial charge in [0.05, 0.1) is 11.1 Å². The number of nitrogens with one attached hydrogen (secondary N) is 1. The molecule has 1 aromatic carbocycles. The van der Waals surface area contributed by atoms with E-state index in [1.807, 2.05) is 25.6 Å². The maximum absolute atomic E-state index is 4.67. The Bertz CT molecular complexity index is 988. The van der Waals surface area contributed by atoms with Crippen LogP contribution in [0.25, 0.3) is 11.0 Å². The van der Waals surface area contributed by atoms with Gasteiger partial charge in [0.1, 0.15) is 11.6 Å². The molecule has 0 atom stereocenters.